The molecule has 1 fully saturated rings. The summed E-state index contributed by atoms with van der Waals surface area (Å²) in [5.74, 6) is -0.0315. The summed E-state index contributed by atoms with van der Waals surface area (Å²) in [6.07, 6.45) is -0.772. The molecule has 0 aliphatic carbocycles. The predicted molar refractivity (Wildman–Crippen MR) is 76.0 cm³/mol. The Morgan fingerprint density at radius 3 is 2.50 bits per heavy atom. The highest BCUT2D eigenvalue weighted by Gasteiger charge is 2.35. The van der Waals surface area contributed by atoms with Crippen molar-refractivity contribution in [1.82, 2.24) is 9.55 Å². The molecule has 11 nitrogen and oxygen atoms in total. The van der Waals surface area contributed by atoms with E-state index in [0.29, 0.717) is 5.56 Å². The zero-order valence-electron chi connectivity index (χ0n) is 11.5. The van der Waals surface area contributed by atoms with Gasteiger partial charge >= 0.3 is 5.69 Å². The average Bonchev–Trinajstić information content (AvgIpc) is 2.79. The van der Waals surface area contributed by atoms with Gasteiger partial charge in [-0.25, -0.2) is 4.79 Å². The molecule has 1 aromatic rings. The van der Waals surface area contributed by atoms with E-state index in [1.165, 1.54) is 6.20 Å². The molecule has 0 unspecified atom stereocenters. The molecule has 2 rings (SSSR count). The Labute approximate surface area is 126 Å². The highest BCUT2D eigenvalue weighted by Crippen LogP contribution is 2.27. The van der Waals surface area contributed by atoms with Crippen LogP contribution in [0.25, 0.3) is 0 Å². The maximum Gasteiger partial charge on any atom is 0.351 e. The van der Waals surface area contributed by atoms with Crippen molar-refractivity contribution in [3.05, 3.63) is 22.2 Å². The zero-order chi connectivity index (χ0) is 16.9. The van der Waals surface area contributed by atoms with Crippen LogP contribution in [0.2, 0.25) is 0 Å². The maximum absolute atomic E-state index is 11.7. The van der Waals surface area contributed by atoms with E-state index in [4.69, 9.17) is 30.5 Å². The lowest BCUT2D eigenvalue weighted by molar-refractivity contribution is -0.0459. The lowest BCUT2D eigenvalue weighted by atomic mass is 10.2. The molecule has 0 aromatic carbocycles. The van der Waals surface area contributed by atoms with E-state index in [-0.39, 0.29) is 25.5 Å². The van der Waals surface area contributed by atoms with E-state index in [9.17, 15) is 9.90 Å². The lowest BCUT2D eigenvalue weighted by Crippen LogP contribution is -2.29. The molecule has 1 aromatic heterocycles. The smallest absolute Gasteiger partial charge is 0.351 e. The van der Waals surface area contributed by atoms with E-state index in [2.05, 4.69) is 10.5 Å². The Kier molecular flexibility index (Phi) is 7.26. The predicted octanol–water partition coefficient (Wildman–Crippen LogP) is -2.88. The number of hydrogen-bond donors (Lipinski definition) is 7. The van der Waals surface area contributed by atoms with E-state index in [0.717, 1.165) is 4.57 Å². The summed E-state index contributed by atoms with van der Waals surface area (Å²) in [6.45, 7) is -0.681. The fraction of sp³-hybridized carbons (Fsp3) is 0.600. The third kappa shape index (κ3) is 4.93. The molecular formula is C10H19N4O7P. The van der Waals surface area contributed by atoms with Crippen molar-refractivity contribution in [2.45, 2.75) is 31.5 Å². The van der Waals surface area contributed by atoms with Gasteiger partial charge in [0.2, 0.25) is 8.53 Å². The molecule has 126 valence electrons. The number of ether oxygens (including phenoxy) is 1. The number of nitrogen functional groups attached to an aromatic ring is 1. The Hall–Kier alpha value is -1.17. The van der Waals surface area contributed by atoms with Crippen molar-refractivity contribution in [3.8, 4) is 0 Å². The van der Waals surface area contributed by atoms with Crippen molar-refractivity contribution in [3.63, 3.8) is 0 Å². The first-order valence-corrected chi connectivity index (χ1v) is 7.47. The van der Waals surface area contributed by atoms with Gasteiger partial charge in [-0.05, 0) is 0 Å². The van der Waals surface area contributed by atoms with Gasteiger partial charge in [0.1, 0.15) is 18.1 Å². The Bertz CT molecular complexity index is 538. The highest BCUT2D eigenvalue weighted by molar-refractivity contribution is 7.42. The molecule has 22 heavy (non-hydrogen) atoms. The summed E-state index contributed by atoms with van der Waals surface area (Å²) in [4.78, 5) is 30.1. The first kappa shape index (κ1) is 18.9. The van der Waals surface area contributed by atoms with Crippen molar-refractivity contribution in [2.75, 3.05) is 12.3 Å². The maximum atomic E-state index is 11.7. The second-order valence-corrected chi connectivity index (χ2v) is 5.08. The van der Waals surface area contributed by atoms with Crippen molar-refractivity contribution in [1.29, 1.82) is 0 Å². The Morgan fingerprint density at radius 1 is 1.45 bits per heavy atom. The van der Waals surface area contributed by atoms with Crippen LogP contribution in [0.3, 0.4) is 0 Å². The first-order valence-electron chi connectivity index (χ1n) is 6.15. The van der Waals surface area contributed by atoms with Gasteiger partial charge in [0.25, 0.3) is 0 Å². The molecular weight excluding hydrogens is 319 g/mol. The zero-order valence-corrected chi connectivity index (χ0v) is 12.4. The minimum Gasteiger partial charge on any atom is -0.394 e. The van der Waals surface area contributed by atoms with Gasteiger partial charge in [0, 0.05) is 18.2 Å². The molecule has 0 saturated carbocycles. The van der Waals surface area contributed by atoms with Crippen molar-refractivity contribution < 1.29 is 29.8 Å². The fourth-order valence-electron chi connectivity index (χ4n) is 1.90. The van der Waals surface area contributed by atoms with Crippen LogP contribution in [-0.4, -0.2) is 53.5 Å². The molecule has 12 heteroatoms. The largest absolute Gasteiger partial charge is 0.394 e. The summed E-state index contributed by atoms with van der Waals surface area (Å²) in [6, 6.07) is 0. The van der Waals surface area contributed by atoms with Crippen LogP contribution in [0.4, 0.5) is 5.82 Å². The third-order valence-corrected chi connectivity index (χ3v) is 2.93. The summed E-state index contributed by atoms with van der Waals surface area (Å²) >= 11 is 0. The van der Waals surface area contributed by atoms with Crippen molar-refractivity contribution in [2.24, 2.45) is 5.50 Å². The minimum atomic E-state index is -2.12. The highest BCUT2D eigenvalue weighted by atomic mass is 31.2. The quantitative estimate of drug-likeness (QED) is 0.281. The number of aromatic nitrogens is 2. The van der Waals surface area contributed by atoms with E-state index in [1.54, 1.807) is 0 Å². The molecule has 0 bridgehead atoms. The van der Waals surface area contributed by atoms with Crippen LogP contribution >= 0.6 is 8.53 Å². The molecule has 0 spiro atoms. The van der Waals surface area contributed by atoms with Gasteiger partial charge in [-0.15, -0.1) is 0 Å². The number of hydrogen-bond acceptors (Lipinski definition) is 10. The first-order chi connectivity index (χ1) is 10.3. The normalized spacial score (nSPS) is 24.2. The van der Waals surface area contributed by atoms with E-state index in [1.807, 2.05) is 0 Å². The van der Waals surface area contributed by atoms with Gasteiger partial charge in [0.15, 0.2) is 0 Å². The molecule has 3 atom stereocenters. The minimum absolute atomic E-state index is 0.0315. The molecule has 0 amide bonds. The van der Waals surface area contributed by atoms with Crippen LogP contribution in [0.15, 0.2) is 11.0 Å². The average molecular weight is 338 g/mol. The standard InChI is InChI=1S/C10H15N3O5.H4NO2P/c11-9-5(3-14)2-13(10(17)12-9)8-1-6(16)7(4-15)18-8;1-4(2)3/h2,6-8,14-16H,1,3-4H2,(H2,11,12,17);2-3H,1H2/t6-,7+,8+;/m0./s1. The molecule has 9 N–H and O–H groups in total. The second-order valence-electron chi connectivity index (χ2n) is 4.43. The van der Waals surface area contributed by atoms with Crippen LogP contribution in [0.5, 0.6) is 0 Å². The molecule has 1 saturated heterocycles. The number of nitrogens with two attached hydrogens (primary N) is 2. The number of anilines is 1. The fourth-order valence-corrected chi connectivity index (χ4v) is 1.90. The SMILES string of the molecule is NP(O)O.Nc1nc(=O)n([C@H]2C[C@H](O)[C@@H](CO)O2)cc1CO. The van der Waals surface area contributed by atoms with Gasteiger partial charge < -0.3 is 35.6 Å². The summed E-state index contributed by atoms with van der Waals surface area (Å²) in [7, 11) is -2.12. The second kappa shape index (κ2) is 8.46. The molecule has 1 aliphatic heterocycles. The Balaban J connectivity index is 0.000000541. The number of rotatable bonds is 3. The number of aliphatic hydroxyl groups excluding tert-OH is 3. The number of aliphatic hydroxyl groups is 3. The molecule has 0 radical (unpaired) electrons. The van der Waals surface area contributed by atoms with E-state index < -0.39 is 32.7 Å². The van der Waals surface area contributed by atoms with E-state index >= 15 is 0 Å². The Morgan fingerprint density at radius 2 is 2.05 bits per heavy atom. The third-order valence-electron chi connectivity index (χ3n) is 2.93. The number of nitrogens with zero attached hydrogens (tertiary/aromatic N) is 2. The van der Waals surface area contributed by atoms with Crippen molar-refractivity contribution >= 4 is 14.3 Å². The van der Waals surface area contributed by atoms with Gasteiger partial charge in [-0.1, -0.05) is 0 Å². The van der Waals surface area contributed by atoms with Crippen LogP contribution in [0, 0.1) is 0 Å². The van der Waals surface area contributed by atoms with Crippen LogP contribution in [0.1, 0.15) is 18.2 Å². The lowest BCUT2D eigenvalue weighted by Gasteiger charge is -2.15. The summed E-state index contributed by atoms with van der Waals surface area (Å²) < 4.78 is 6.48. The van der Waals surface area contributed by atoms with Crippen LogP contribution in [-0.2, 0) is 11.3 Å². The van der Waals surface area contributed by atoms with Gasteiger partial charge in [-0.2, -0.15) is 4.98 Å². The van der Waals surface area contributed by atoms with Gasteiger partial charge in [-0.3, -0.25) is 10.1 Å². The summed E-state index contributed by atoms with van der Waals surface area (Å²) in [5.41, 5.74) is 9.43. The topological polar surface area (TPSA) is 197 Å². The van der Waals surface area contributed by atoms with Gasteiger partial charge in [0.05, 0.1) is 19.3 Å². The molecule has 1 aliphatic rings. The van der Waals surface area contributed by atoms with Crippen LogP contribution < -0.4 is 16.9 Å². The molecule has 2 heterocycles. The summed E-state index contributed by atoms with van der Waals surface area (Å²) in [5, 5.41) is 27.6. The monoisotopic (exact) mass is 338 g/mol.